The van der Waals surface area contributed by atoms with E-state index < -0.39 is 0 Å². The fourth-order valence-corrected chi connectivity index (χ4v) is 1.49. The molecule has 1 heterocycles. The molecule has 4 heteroatoms. The lowest BCUT2D eigenvalue weighted by Gasteiger charge is -2.06. The van der Waals surface area contributed by atoms with E-state index in [-0.39, 0.29) is 17.0 Å². The first-order chi connectivity index (χ1) is 7.10. The number of carbonyl (C=O) groups excluding carboxylic acids is 1. The SMILES string of the molecule is CCCc1[nH]c(=O)c(C(=O)NC)cc1C. The molecule has 0 radical (unpaired) electrons. The van der Waals surface area contributed by atoms with E-state index in [4.69, 9.17) is 0 Å². The third-order valence-corrected chi connectivity index (χ3v) is 2.32. The average Bonchev–Trinajstić information content (AvgIpc) is 2.22. The summed E-state index contributed by atoms with van der Waals surface area (Å²) in [5.74, 6) is -0.345. The van der Waals surface area contributed by atoms with Gasteiger partial charge in [0.15, 0.2) is 0 Å². The predicted octanol–water partition coefficient (Wildman–Crippen LogP) is 0.995. The van der Waals surface area contributed by atoms with E-state index in [1.807, 2.05) is 13.8 Å². The van der Waals surface area contributed by atoms with E-state index in [0.29, 0.717) is 0 Å². The second-order valence-electron chi connectivity index (χ2n) is 3.50. The Morgan fingerprint density at radius 3 is 2.73 bits per heavy atom. The second-order valence-corrected chi connectivity index (χ2v) is 3.50. The maximum atomic E-state index is 11.6. The highest BCUT2D eigenvalue weighted by molar-refractivity contribution is 5.93. The molecular formula is C11H16N2O2. The summed E-state index contributed by atoms with van der Waals surface area (Å²) in [5.41, 5.74) is 1.73. The van der Waals surface area contributed by atoms with Crippen LogP contribution in [0.2, 0.25) is 0 Å². The van der Waals surface area contributed by atoms with Gasteiger partial charge in [0.25, 0.3) is 11.5 Å². The molecule has 0 saturated carbocycles. The zero-order valence-corrected chi connectivity index (χ0v) is 9.31. The lowest BCUT2D eigenvalue weighted by atomic mass is 10.1. The number of aromatic amines is 1. The monoisotopic (exact) mass is 208 g/mol. The van der Waals surface area contributed by atoms with Gasteiger partial charge in [0, 0.05) is 12.7 Å². The van der Waals surface area contributed by atoms with Crippen LogP contribution in [0.5, 0.6) is 0 Å². The minimum absolute atomic E-state index is 0.176. The normalized spacial score (nSPS) is 10.1. The van der Waals surface area contributed by atoms with Gasteiger partial charge in [-0.25, -0.2) is 0 Å². The number of carbonyl (C=O) groups is 1. The van der Waals surface area contributed by atoms with Gasteiger partial charge in [0.2, 0.25) is 0 Å². The fraction of sp³-hybridized carbons (Fsp3) is 0.455. The van der Waals surface area contributed by atoms with Crippen LogP contribution in [0, 0.1) is 6.92 Å². The molecule has 0 saturated heterocycles. The van der Waals surface area contributed by atoms with Crippen LogP contribution in [-0.2, 0) is 6.42 Å². The van der Waals surface area contributed by atoms with Crippen molar-refractivity contribution in [2.24, 2.45) is 0 Å². The summed E-state index contributed by atoms with van der Waals surface area (Å²) in [6.07, 6.45) is 1.80. The summed E-state index contributed by atoms with van der Waals surface area (Å²) in [7, 11) is 1.51. The van der Waals surface area contributed by atoms with Crippen LogP contribution in [0.1, 0.15) is 35.0 Å². The number of amides is 1. The molecule has 0 aliphatic rings. The van der Waals surface area contributed by atoms with E-state index >= 15 is 0 Å². The Labute approximate surface area is 88.7 Å². The molecule has 82 valence electrons. The Balaban J connectivity index is 3.19. The van der Waals surface area contributed by atoms with Crippen molar-refractivity contribution in [1.82, 2.24) is 10.3 Å². The van der Waals surface area contributed by atoms with Gasteiger partial charge in [-0.15, -0.1) is 0 Å². The Kier molecular flexibility index (Phi) is 3.66. The highest BCUT2D eigenvalue weighted by Gasteiger charge is 2.10. The molecule has 0 spiro atoms. The first-order valence-corrected chi connectivity index (χ1v) is 5.05. The fourth-order valence-electron chi connectivity index (χ4n) is 1.49. The van der Waals surface area contributed by atoms with Gasteiger partial charge in [0.1, 0.15) is 5.56 Å². The van der Waals surface area contributed by atoms with Crippen LogP contribution >= 0.6 is 0 Å². The highest BCUT2D eigenvalue weighted by atomic mass is 16.2. The number of H-pyrrole nitrogens is 1. The molecule has 15 heavy (non-hydrogen) atoms. The minimum atomic E-state index is -0.345. The number of rotatable bonds is 3. The third kappa shape index (κ3) is 2.46. The van der Waals surface area contributed by atoms with Gasteiger partial charge in [-0.1, -0.05) is 13.3 Å². The molecule has 0 aliphatic heterocycles. The Morgan fingerprint density at radius 2 is 2.20 bits per heavy atom. The molecule has 1 aromatic rings. The van der Waals surface area contributed by atoms with Crippen molar-refractivity contribution in [3.05, 3.63) is 33.2 Å². The van der Waals surface area contributed by atoms with Crippen molar-refractivity contribution in [2.75, 3.05) is 7.05 Å². The molecule has 0 aliphatic carbocycles. The van der Waals surface area contributed by atoms with E-state index in [2.05, 4.69) is 10.3 Å². The first-order valence-electron chi connectivity index (χ1n) is 5.05. The summed E-state index contributed by atoms with van der Waals surface area (Å²) in [4.78, 5) is 25.6. The second kappa shape index (κ2) is 4.77. The van der Waals surface area contributed by atoms with Crippen LogP contribution in [0.3, 0.4) is 0 Å². The standard InChI is InChI=1S/C11H16N2O2/c1-4-5-9-7(2)6-8(10(14)12-3)11(15)13-9/h6H,4-5H2,1-3H3,(H,12,14)(H,13,15). The lowest BCUT2D eigenvalue weighted by molar-refractivity contribution is 0.0961. The molecule has 2 N–H and O–H groups in total. The van der Waals surface area contributed by atoms with Crippen LogP contribution in [-0.4, -0.2) is 17.9 Å². The zero-order chi connectivity index (χ0) is 11.4. The Morgan fingerprint density at radius 1 is 1.53 bits per heavy atom. The predicted molar refractivity (Wildman–Crippen MR) is 59.2 cm³/mol. The van der Waals surface area contributed by atoms with Crippen molar-refractivity contribution in [1.29, 1.82) is 0 Å². The van der Waals surface area contributed by atoms with Crippen molar-refractivity contribution < 1.29 is 4.79 Å². The third-order valence-electron chi connectivity index (χ3n) is 2.32. The summed E-state index contributed by atoms with van der Waals surface area (Å²) in [5, 5.41) is 2.44. The van der Waals surface area contributed by atoms with Gasteiger partial charge < -0.3 is 10.3 Å². The van der Waals surface area contributed by atoms with Crippen LogP contribution in [0.25, 0.3) is 0 Å². The van der Waals surface area contributed by atoms with E-state index in [1.54, 1.807) is 6.07 Å². The number of nitrogens with one attached hydrogen (secondary N) is 2. The molecule has 0 bridgehead atoms. The summed E-state index contributed by atoms with van der Waals surface area (Å²) < 4.78 is 0. The molecule has 0 aromatic carbocycles. The smallest absolute Gasteiger partial charge is 0.261 e. The number of aromatic nitrogens is 1. The molecule has 4 nitrogen and oxygen atoms in total. The average molecular weight is 208 g/mol. The number of pyridine rings is 1. The molecular weight excluding hydrogens is 192 g/mol. The molecule has 1 rings (SSSR count). The number of hydrogen-bond donors (Lipinski definition) is 2. The topological polar surface area (TPSA) is 62.0 Å². The van der Waals surface area contributed by atoms with Gasteiger partial charge in [-0.3, -0.25) is 9.59 Å². The molecule has 0 fully saturated rings. The van der Waals surface area contributed by atoms with Crippen molar-refractivity contribution in [2.45, 2.75) is 26.7 Å². The molecule has 0 unspecified atom stereocenters. The zero-order valence-electron chi connectivity index (χ0n) is 9.31. The Hall–Kier alpha value is -1.58. The van der Waals surface area contributed by atoms with Crippen molar-refractivity contribution in [3.63, 3.8) is 0 Å². The van der Waals surface area contributed by atoms with Gasteiger partial charge in [-0.05, 0) is 25.0 Å². The van der Waals surface area contributed by atoms with Crippen molar-refractivity contribution >= 4 is 5.91 Å². The summed E-state index contributed by atoms with van der Waals surface area (Å²) >= 11 is 0. The van der Waals surface area contributed by atoms with Gasteiger partial charge in [-0.2, -0.15) is 0 Å². The lowest BCUT2D eigenvalue weighted by Crippen LogP contribution is -2.27. The minimum Gasteiger partial charge on any atom is -0.355 e. The quantitative estimate of drug-likeness (QED) is 0.778. The van der Waals surface area contributed by atoms with Gasteiger partial charge in [0.05, 0.1) is 0 Å². The van der Waals surface area contributed by atoms with E-state index in [0.717, 1.165) is 24.1 Å². The maximum absolute atomic E-state index is 11.6. The van der Waals surface area contributed by atoms with E-state index in [1.165, 1.54) is 7.05 Å². The van der Waals surface area contributed by atoms with Crippen LogP contribution in [0.15, 0.2) is 10.9 Å². The molecule has 1 amide bonds. The van der Waals surface area contributed by atoms with E-state index in [9.17, 15) is 9.59 Å². The summed E-state index contributed by atoms with van der Waals surface area (Å²) in [6, 6.07) is 1.64. The van der Waals surface area contributed by atoms with Gasteiger partial charge >= 0.3 is 0 Å². The van der Waals surface area contributed by atoms with Crippen molar-refractivity contribution in [3.8, 4) is 0 Å². The summed E-state index contributed by atoms with van der Waals surface area (Å²) in [6.45, 7) is 3.94. The Bertz CT molecular complexity index is 421. The molecule has 0 atom stereocenters. The number of hydrogen-bond acceptors (Lipinski definition) is 2. The highest BCUT2D eigenvalue weighted by Crippen LogP contribution is 2.06. The number of aryl methyl sites for hydroxylation is 2. The maximum Gasteiger partial charge on any atom is 0.261 e. The largest absolute Gasteiger partial charge is 0.355 e. The van der Waals surface area contributed by atoms with Crippen LogP contribution < -0.4 is 10.9 Å². The first kappa shape index (κ1) is 11.5. The van der Waals surface area contributed by atoms with Crippen LogP contribution in [0.4, 0.5) is 0 Å². The molecule has 1 aromatic heterocycles.